The molecule has 0 aromatic heterocycles. The second-order valence-electron chi connectivity index (χ2n) is 10.1. The molecule has 4 rings (SSSR count). The predicted octanol–water partition coefficient (Wildman–Crippen LogP) is 7.69. The zero-order valence-corrected chi connectivity index (χ0v) is 23.5. The van der Waals surface area contributed by atoms with Gasteiger partial charge in [0.2, 0.25) is 0 Å². The van der Waals surface area contributed by atoms with Gasteiger partial charge in [-0.25, -0.2) is 0 Å². The summed E-state index contributed by atoms with van der Waals surface area (Å²) < 4.78 is 5.36. The minimum Gasteiger partial charge on any atom is -0.384 e. The monoisotopic (exact) mass is 526 g/mol. The molecular weight excluding hydrogens is 484 g/mol. The largest absolute Gasteiger partial charge is 0.384 e. The molecule has 0 aliphatic rings. The van der Waals surface area contributed by atoms with Crippen LogP contribution in [0.4, 0.5) is 0 Å². The molecule has 0 aliphatic carbocycles. The number of carbonyl (C=O) groups is 1. The fourth-order valence-corrected chi connectivity index (χ4v) is 3.55. The Morgan fingerprint density at radius 2 is 0.897 bits per heavy atom. The van der Waals surface area contributed by atoms with E-state index in [0.717, 1.165) is 24.3 Å². The Balaban J connectivity index is 0.000000214. The highest BCUT2D eigenvalue weighted by atomic mass is 16.5. The molecule has 4 aromatic carbocycles. The van der Waals surface area contributed by atoms with E-state index < -0.39 is 12.2 Å². The fourth-order valence-electron chi connectivity index (χ4n) is 3.55. The zero-order chi connectivity index (χ0) is 28.5. The minimum atomic E-state index is -1.08. The van der Waals surface area contributed by atoms with Crippen LogP contribution in [-0.2, 0) is 4.74 Å². The molecule has 39 heavy (non-hydrogen) atoms. The summed E-state index contributed by atoms with van der Waals surface area (Å²) >= 11 is 0. The maximum absolute atomic E-state index is 11.9. The van der Waals surface area contributed by atoms with Gasteiger partial charge in [-0.1, -0.05) is 149 Å². The molecule has 1 atom stereocenters. The highest BCUT2D eigenvalue weighted by Gasteiger charge is 2.18. The molecule has 0 spiro atoms. The average Bonchev–Trinajstić information content (AvgIpc) is 2.98. The van der Waals surface area contributed by atoms with E-state index in [2.05, 4.69) is 27.7 Å². The Labute approximate surface area is 233 Å². The van der Waals surface area contributed by atoms with Crippen LogP contribution in [0, 0.1) is 11.8 Å². The van der Waals surface area contributed by atoms with Gasteiger partial charge >= 0.3 is 0 Å². The summed E-state index contributed by atoms with van der Waals surface area (Å²) in [4.78, 5) is 11.9. The lowest BCUT2D eigenvalue weighted by Crippen LogP contribution is -2.11. The molecule has 0 fully saturated rings. The van der Waals surface area contributed by atoms with Gasteiger partial charge in [-0.05, 0) is 28.5 Å². The Bertz CT molecular complexity index is 1110. The van der Waals surface area contributed by atoms with Crippen molar-refractivity contribution in [1.82, 2.24) is 0 Å². The number of ether oxygens (including phenoxy) is 1. The first-order valence-corrected chi connectivity index (χ1v) is 13.5. The quantitative estimate of drug-likeness (QED) is 0.219. The van der Waals surface area contributed by atoms with Crippen LogP contribution < -0.4 is 0 Å². The van der Waals surface area contributed by atoms with Gasteiger partial charge in [0.1, 0.15) is 12.2 Å². The number of aliphatic hydroxyl groups is 2. The first-order chi connectivity index (χ1) is 18.8. The molecule has 0 amide bonds. The molecule has 0 radical (unpaired) electrons. The molecule has 0 heterocycles. The molecule has 2 N–H and O–H groups in total. The lowest BCUT2D eigenvalue weighted by molar-refractivity contribution is 0.0747. The Kier molecular flexibility index (Phi) is 14.5. The van der Waals surface area contributed by atoms with E-state index >= 15 is 0 Å². The Morgan fingerprint density at radius 1 is 0.564 bits per heavy atom. The Morgan fingerprint density at radius 3 is 1.26 bits per heavy atom. The van der Waals surface area contributed by atoms with Crippen molar-refractivity contribution < 1.29 is 19.7 Å². The highest BCUT2D eigenvalue weighted by molar-refractivity contribution is 5.99. The van der Waals surface area contributed by atoms with Gasteiger partial charge < -0.3 is 14.9 Å². The summed E-state index contributed by atoms with van der Waals surface area (Å²) in [6.45, 7) is 10.5. The summed E-state index contributed by atoms with van der Waals surface area (Å²) in [6, 6.07) is 37.1. The van der Waals surface area contributed by atoms with Crippen LogP contribution in [0.15, 0.2) is 121 Å². The van der Waals surface area contributed by atoms with Gasteiger partial charge in [-0.15, -0.1) is 0 Å². The van der Waals surface area contributed by atoms with E-state index in [9.17, 15) is 15.0 Å². The van der Waals surface area contributed by atoms with Crippen molar-refractivity contribution in [2.45, 2.75) is 39.9 Å². The molecule has 0 saturated carbocycles. The number of hydrogen-bond donors (Lipinski definition) is 2. The average molecular weight is 527 g/mol. The molecule has 0 saturated heterocycles. The molecule has 4 aromatic rings. The summed E-state index contributed by atoms with van der Waals surface area (Å²) in [7, 11) is 0. The smallest absolute Gasteiger partial charge is 0.195 e. The van der Waals surface area contributed by atoms with E-state index in [1.807, 2.05) is 72.8 Å². The van der Waals surface area contributed by atoms with Crippen molar-refractivity contribution in [3.8, 4) is 0 Å². The van der Waals surface area contributed by atoms with Crippen molar-refractivity contribution in [1.29, 1.82) is 0 Å². The summed E-state index contributed by atoms with van der Waals surface area (Å²) in [5.41, 5.74) is 3.01. The van der Waals surface area contributed by atoms with Crippen molar-refractivity contribution in [2.75, 3.05) is 13.2 Å². The third-order valence-electron chi connectivity index (χ3n) is 5.55. The van der Waals surface area contributed by atoms with Gasteiger partial charge in [0.05, 0.1) is 0 Å². The number of rotatable bonds is 9. The summed E-state index contributed by atoms with van der Waals surface area (Å²) in [5.74, 6) is 1.07. The third-order valence-corrected chi connectivity index (χ3v) is 5.55. The summed E-state index contributed by atoms with van der Waals surface area (Å²) in [5, 5.41) is 19.9. The fraction of sp³-hybridized carbons (Fsp3) is 0.286. The van der Waals surface area contributed by atoms with Gasteiger partial charge in [0.15, 0.2) is 5.78 Å². The van der Waals surface area contributed by atoms with Crippen molar-refractivity contribution >= 4 is 5.78 Å². The molecular formula is C35H42O4. The molecule has 0 bridgehead atoms. The van der Waals surface area contributed by atoms with Crippen LogP contribution in [0.3, 0.4) is 0 Å². The van der Waals surface area contributed by atoms with E-state index in [-0.39, 0.29) is 5.78 Å². The van der Waals surface area contributed by atoms with Crippen LogP contribution in [0.2, 0.25) is 0 Å². The maximum Gasteiger partial charge on any atom is 0.195 e. The van der Waals surface area contributed by atoms with E-state index in [1.165, 1.54) is 0 Å². The van der Waals surface area contributed by atoms with E-state index in [1.54, 1.807) is 48.5 Å². The Hall–Kier alpha value is -3.57. The first-order valence-electron chi connectivity index (χ1n) is 13.5. The standard InChI is InChI=1S/C14H12O2.C13H12O.C8H18O/c15-13(11-7-3-1-4-8-11)14(16)12-9-5-2-6-10-12;14-13(11-7-3-1-4-8-11)12-9-5-2-6-10-12;1-7(2)5-9-6-8(3)4/h1-10,13,15H;1-10,13-14H;7-8H,5-6H2,1-4H3. The van der Waals surface area contributed by atoms with Crippen LogP contribution in [0.1, 0.15) is 67.0 Å². The maximum atomic E-state index is 11.9. The number of benzene rings is 4. The summed E-state index contributed by atoms with van der Waals surface area (Å²) in [6.07, 6.45) is -1.60. The molecule has 206 valence electrons. The van der Waals surface area contributed by atoms with Gasteiger partial charge in [-0.2, -0.15) is 0 Å². The number of Topliss-reactive ketones (excluding diaryl/α,β-unsaturated/α-hetero) is 1. The van der Waals surface area contributed by atoms with Crippen LogP contribution >= 0.6 is 0 Å². The first kappa shape index (κ1) is 31.6. The number of ketones is 1. The SMILES string of the molecule is CC(C)COCC(C)C.O=C(c1ccccc1)C(O)c1ccccc1.OC(c1ccccc1)c1ccccc1. The lowest BCUT2D eigenvalue weighted by atomic mass is 10.0. The van der Waals surface area contributed by atoms with Gasteiger partial charge in [0, 0.05) is 18.8 Å². The van der Waals surface area contributed by atoms with Crippen LogP contribution in [-0.4, -0.2) is 29.2 Å². The normalized spacial score (nSPS) is 11.3. The van der Waals surface area contributed by atoms with Gasteiger partial charge in [-0.3, -0.25) is 4.79 Å². The van der Waals surface area contributed by atoms with Crippen molar-refractivity contribution in [2.24, 2.45) is 11.8 Å². The number of carbonyl (C=O) groups excluding carboxylic acids is 1. The van der Waals surface area contributed by atoms with Crippen LogP contribution in [0.5, 0.6) is 0 Å². The van der Waals surface area contributed by atoms with Crippen LogP contribution in [0.25, 0.3) is 0 Å². The third kappa shape index (κ3) is 12.2. The molecule has 0 aliphatic heterocycles. The highest BCUT2D eigenvalue weighted by Crippen LogP contribution is 2.20. The number of hydrogen-bond acceptors (Lipinski definition) is 4. The minimum absolute atomic E-state index is 0.271. The van der Waals surface area contributed by atoms with Gasteiger partial charge in [0.25, 0.3) is 0 Å². The second kappa shape index (κ2) is 17.8. The van der Waals surface area contributed by atoms with Crippen molar-refractivity contribution in [3.63, 3.8) is 0 Å². The second-order valence-corrected chi connectivity index (χ2v) is 10.1. The lowest BCUT2D eigenvalue weighted by Gasteiger charge is -2.10. The van der Waals surface area contributed by atoms with E-state index in [4.69, 9.17) is 4.74 Å². The molecule has 4 heteroatoms. The predicted molar refractivity (Wildman–Crippen MR) is 160 cm³/mol. The topological polar surface area (TPSA) is 66.8 Å². The van der Waals surface area contributed by atoms with Crippen molar-refractivity contribution in [3.05, 3.63) is 144 Å². The number of aliphatic hydroxyl groups excluding tert-OH is 2. The molecule has 1 unspecified atom stereocenters. The zero-order valence-electron chi connectivity index (χ0n) is 23.5. The van der Waals surface area contributed by atoms with E-state index in [0.29, 0.717) is 23.0 Å². The molecule has 4 nitrogen and oxygen atoms in total.